The lowest BCUT2D eigenvalue weighted by atomic mass is 10.0. The molecule has 1 aromatic carbocycles. The highest BCUT2D eigenvalue weighted by Gasteiger charge is 2.08. The molecule has 2 N–H and O–H groups in total. The summed E-state index contributed by atoms with van der Waals surface area (Å²) >= 11 is 0. The number of benzene rings is 1. The normalized spacial score (nSPS) is 12.2. The van der Waals surface area contributed by atoms with E-state index in [-0.39, 0.29) is 6.04 Å². The van der Waals surface area contributed by atoms with Crippen LogP contribution in [-0.4, -0.2) is 18.1 Å². The van der Waals surface area contributed by atoms with Gasteiger partial charge in [-0.2, -0.15) is 0 Å². The van der Waals surface area contributed by atoms with Crippen molar-refractivity contribution < 1.29 is 0 Å². The highest BCUT2D eigenvalue weighted by atomic mass is 15.1. The van der Waals surface area contributed by atoms with E-state index in [1.54, 1.807) is 0 Å². The van der Waals surface area contributed by atoms with E-state index < -0.39 is 0 Å². The summed E-state index contributed by atoms with van der Waals surface area (Å²) in [6.45, 7) is 5.10. The minimum absolute atomic E-state index is 0.251. The van der Waals surface area contributed by atoms with Crippen molar-refractivity contribution in [3.05, 3.63) is 59.4 Å². The second kappa shape index (κ2) is 7.23. The molecule has 1 atom stereocenters. The van der Waals surface area contributed by atoms with Crippen molar-refractivity contribution in [3.8, 4) is 0 Å². The summed E-state index contributed by atoms with van der Waals surface area (Å²) in [5.41, 5.74) is 11.0. The highest BCUT2D eigenvalue weighted by Crippen LogP contribution is 2.22. The van der Waals surface area contributed by atoms with Crippen molar-refractivity contribution in [2.24, 2.45) is 5.73 Å². The number of hydrogen-bond acceptors (Lipinski definition) is 3. The van der Waals surface area contributed by atoms with Gasteiger partial charge in [0.15, 0.2) is 0 Å². The molecule has 0 radical (unpaired) electrons. The summed E-state index contributed by atoms with van der Waals surface area (Å²) in [6.07, 6.45) is 3.80. The Balaban J connectivity index is 2.09. The minimum atomic E-state index is 0.251. The molecule has 0 amide bonds. The summed E-state index contributed by atoms with van der Waals surface area (Å²) < 4.78 is 0. The van der Waals surface area contributed by atoms with E-state index >= 15 is 0 Å². The van der Waals surface area contributed by atoms with Gasteiger partial charge < -0.3 is 10.6 Å². The van der Waals surface area contributed by atoms with E-state index in [1.807, 2.05) is 18.3 Å². The van der Waals surface area contributed by atoms with Crippen LogP contribution in [0.25, 0.3) is 0 Å². The first-order valence-corrected chi connectivity index (χ1v) is 7.56. The Hall–Kier alpha value is -1.87. The van der Waals surface area contributed by atoms with E-state index in [1.165, 1.54) is 16.8 Å². The second-order valence-electron chi connectivity index (χ2n) is 5.67. The molecule has 2 rings (SSSR count). The van der Waals surface area contributed by atoms with Crippen LogP contribution in [0.4, 0.5) is 5.69 Å². The third-order valence-electron chi connectivity index (χ3n) is 3.82. The fraction of sp³-hybridized carbons (Fsp3) is 0.389. The topological polar surface area (TPSA) is 42.1 Å². The summed E-state index contributed by atoms with van der Waals surface area (Å²) in [6, 6.07) is 12.9. The molecule has 0 saturated carbocycles. The first-order chi connectivity index (χ1) is 10.1. The zero-order chi connectivity index (χ0) is 15.2. The quantitative estimate of drug-likeness (QED) is 0.884. The van der Waals surface area contributed by atoms with Crippen molar-refractivity contribution in [3.63, 3.8) is 0 Å². The number of nitrogens with two attached hydrogens (primary N) is 1. The maximum absolute atomic E-state index is 6.04. The average Bonchev–Trinajstić information content (AvgIpc) is 2.48. The molecule has 1 heterocycles. The summed E-state index contributed by atoms with van der Waals surface area (Å²) in [5, 5.41) is 0. The van der Waals surface area contributed by atoms with Crippen molar-refractivity contribution in [1.82, 2.24) is 4.98 Å². The molecule has 0 aliphatic rings. The van der Waals surface area contributed by atoms with Crippen LogP contribution in [0.5, 0.6) is 0 Å². The minimum Gasteiger partial charge on any atom is -0.368 e. The van der Waals surface area contributed by atoms with Gasteiger partial charge in [-0.05, 0) is 49.1 Å². The van der Waals surface area contributed by atoms with Gasteiger partial charge in [0.2, 0.25) is 0 Å². The first-order valence-electron chi connectivity index (χ1n) is 7.56. The van der Waals surface area contributed by atoms with E-state index in [0.717, 1.165) is 25.1 Å². The molecule has 0 bridgehead atoms. The number of hydrogen-bond donors (Lipinski definition) is 1. The second-order valence-corrected chi connectivity index (χ2v) is 5.67. The molecular formula is C18H25N3. The van der Waals surface area contributed by atoms with Gasteiger partial charge in [0.1, 0.15) is 0 Å². The van der Waals surface area contributed by atoms with Crippen LogP contribution in [0, 0.1) is 6.92 Å². The SMILES string of the molecule is CCC(N)Cc1ccc(N(C)Cc2ccccn2)c(C)c1. The van der Waals surface area contributed by atoms with Crippen LogP contribution in [0.15, 0.2) is 42.6 Å². The largest absolute Gasteiger partial charge is 0.368 e. The third-order valence-corrected chi connectivity index (χ3v) is 3.82. The molecule has 2 aromatic rings. The molecule has 1 aromatic heterocycles. The third kappa shape index (κ3) is 4.30. The first kappa shape index (κ1) is 15.5. The zero-order valence-electron chi connectivity index (χ0n) is 13.2. The van der Waals surface area contributed by atoms with Gasteiger partial charge in [0, 0.05) is 25.0 Å². The van der Waals surface area contributed by atoms with Crippen LogP contribution < -0.4 is 10.6 Å². The number of anilines is 1. The number of aryl methyl sites for hydroxylation is 1. The summed E-state index contributed by atoms with van der Waals surface area (Å²) in [7, 11) is 2.11. The maximum Gasteiger partial charge on any atom is 0.0598 e. The molecule has 3 heteroatoms. The molecule has 1 unspecified atom stereocenters. The van der Waals surface area contributed by atoms with Crippen molar-refractivity contribution >= 4 is 5.69 Å². The van der Waals surface area contributed by atoms with Gasteiger partial charge in [0.05, 0.1) is 12.2 Å². The lowest BCUT2D eigenvalue weighted by Gasteiger charge is -2.22. The Morgan fingerprint density at radius 2 is 2.05 bits per heavy atom. The standard InChI is InChI=1S/C18H25N3/c1-4-16(19)12-15-8-9-18(14(2)11-15)21(3)13-17-7-5-6-10-20-17/h5-11,16H,4,12-13,19H2,1-3H3. The smallest absolute Gasteiger partial charge is 0.0598 e. The molecule has 3 nitrogen and oxygen atoms in total. The Labute approximate surface area is 127 Å². The van der Waals surface area contributed by atoms with E-state index in [4.69, 9.17) is 5.73 Å². The Kier molecular flexibility index (Phi) is 5.34. The summed E-state index contributed by atoms with van der Waals surface area (Å²) in [4.78, 5) is 6.62. The van der Waals surface area contributed by atoms with Crippen molar-refractivity contribution in [1.29, 1.82) is 0 Å². The molecule has 0 fully saturated rings. The van der Waals surface area contributed by atoms with E-state index in [0.29, 0.717) is 0 Å². The lowest BCUT2D eigenvalue weighted by molar-refractivity contribution is 0.646. The van der Waals surface area contributed by atoms with Crippen LogP contribution in [0.2, 0.25) is 0 Å². The fourth-order valence-electron chi connectivity index (χ4n) is 2.54. The molecule has 0 aliphatic heterocycles. The Morgan fingerprint density at radius 3 is 2.67 bits per heavy atom. The van der Waals surface area contributed by atoms with Crippen molar-refractivity contribution in [2.45, 2.75) is 39.3 Å². The highest BCUT2D eigenvalue weighted by molar-refractivity contribution is 5.54. The van der Waals surface area contributed by atoms with E-state index in [2.05, 4.69) is 55.0 Å². The van der Waals surface area contributed by atoms with Gasteiger partial charge in [-0.3, -0.25) is 4.98 Å². The van der Waals surface area contributed by atoms with Gasteiger partial charge in [-0.15, -0.1) is 0 Å². The predicted octanol–water partition coefficient (Wildman–Crippen LogP) is 3.31. The number of pyridine rings is 1. The lowest BCUT2D eigenvalue weighted by Crippen LogP contribution is -2.22. The van der Waals surface area contributed by atoms with Crippen molar-refractivity contribution in [2.75, 3.05) is 11.9 Å². The van der Waals surface area contributed by atoms with E-state index in [9.17, 15) is 0 Å². The van der Waals surface area contributed by atoms with Gasteiger partial charge in [0.25, 0.3) is 0 Å². The summed E-state index contributed by atoms with van der Waals surface area (Å²) in [5.74, 6) is 0. The van der Waals surface area contributed by atoms with Gasteiger partial charge in [-0.25, -0.2) is 0 Å². The van der Waals surface area contributed by atoms with Crippen LogP contribution in [-0.2, 0) is 13.0 Å². The zero-order valence-corrected chi connectivity index (χ0v) is 13.2. The van der Waals surface area contributed by atoms with Crippen LogP contribution in [0.3, 0.4) is 0 Å². The average molecular weight is 283 g/mol. The molecule has 0 saturated heterocycles. The van der Waals surface area contributed by atoms with Crippen LogP contribution in [0.1, 0.15) is 30.2 Å². The molecular weight excluding hydrogens is 258 g/mol. The molecule has 0 aliphatic carbocycles. The van der Waals surface area contributed by atoms with Crippen LogP contribution >= 0.6 is 0 Å². The predicted molar refractivity (Wildman–Crippen MR) is 89.5 cm³/mol. The Bertz CT molecular complexity index is 566. The number of nitrogens with zero attached hydrogens (tertiary/aromatic N) is 2. The molecule has 112 valence electrons. The maximum atomic E-state index is 6.04. The molecule has 0 spiro atoms. The fourth-order valence-corrected chi connectivity index (χ4v) is 2.54. The Morgan fingerprint density at radius 1 is 1.24 bits per heavy atom. The number of aromatic nitrogens is 1. The number of rotatable bonds is 6. The monoisotopic (exact) mass is 283 g/mol. The van der Waals surface area contributed by atoms with Gasteiger partial charge >= 0.3 is 0 Å². The molecule has 21 heavy (non-hydrogen) atoms. The van der Waals surface area contributed by atoms with Gasteiger partial charge in [-0.1, -0.05) is 25.1 Å².